The molecule has 0 aromatic heterocycles. The quantitative estimate of drug-likeness (QED) is 0.746. The molecule has 0 heterocycles. The largest absolute Gasteiger partial charge is 0.493 e. The Labute approximate surface area is 110 Å². The zero-order valence-electron chi connectivity index (χ0n) is 11.6. The summed E-state index contributed by atoms with van der Waals surface area (Å²) >= 11 is 0. The average molecular weight is 251 g/mol. The van der Waals surface area contributed by atoms with Gasteiger partial charge in [0.15, 0.2) is 0 Å². The molecule has 18 heavy (non-hydrogen) atoms. The molecule has 0 aliphatic carbocycles. The fourth-order valence-electron chi connectivity index (χ4n) is 1.60. The van der Waals surface area contributed by atoms with Crippen molar-refractivity contribution in [3.05, 3.63) is 29.8 Å². The van der Waals surface area contributed by atoms with Crippen LogP contribution in [-0.2, 0) is 6.54 Å². The van der Waals surface area contributed by atoms with Gasteiger partial charge >= 0.3 is 0 Å². The van der Waals surface area contributed by atoms with Crippen LogP contribution in [0.2, 0.25) is 0 Å². The molecule has 0 spiro atoms. The molecule has 0 saturated heterocycles. The highest BCUT2D eigenvalue weighted by atomic mass is 16.5. The number of aliphatic hydroxyl groups is 1. The molecule has 3 nitrogen and oxygen atoms in total. The lowest BCUT2D eigenvalue weighted by atomic mass is 10.2. The number of hydrogen-bond acceptors (Lipinski definition) is 3. The van der Waals surface area contributed by atoms with Gasteiger partial charge < -0.3 is 15.2 Å². The molecule has 2 N–H and O–H groups in total. The SMILES string of the molecule is CC(C)COc1cccc(CNC(C)CCO)c1. The zero-order valence-corrected chi connectivity index (χ0v) is 11.6. The van der Waals surface area contributed by atoms with Gasteiger partial charge in [-0.1, -0.05) is 26.0 Å². The topological polar surface area (TPSA) is 41.5 Å². The van der Waals surface area contributed by atoms with Gasteiger partial charge in [-0.25, -0.2) is 0 Å². The molecule has 102 valence electrons. The molecule has 1 unspecified atom stereocenters. The second-order valence-corrected chi connectivity index (χ2v) is 5.15. The molecule has 0 bridgehead atoms. The second-order valence-electron chi connectivity index (χ2n) is 5.15. The zero-order chi connectivity index (χ0) is 13.4. The van der Waals surface area contributed by atoms with Crippen LogP contribution in [-0.4, -0.2) is 24.4 Å². The number of benzene rings is 1. The van der Waals surface area contributed by atoms with Crippen molar-refractivity contribution in [3.63, 3.8) is 0 Å². The first-order valence-electron chi connectivity index (χ1n) is 6.67. The Balaban J connectivity index is 2.43. The van der Waals surface area contributed by atoms with Crippen molar-refractivity contribution in [2.75, 3.05) is 13.2 Å². The summed E-state index contributed by atoms with van der Waals surface area (Å²) in [6.45, 7) is 8.14. The van der Waals surface area contributed by atoms with Crippen LogP contribution in [0.4, 0.5) is 0 Å². The van der Waals surface area contributed by atoms with Gasteiger partial charge in [0.2, 0.25) is 0 Å². The monoisotopic (exact) mass is 251 g/mol. The molecule has 0 aliphatic heterocycles. The van der Waals surface area contributed by atoms with Crippen LogP contribution in [0.25, 0.3) is 0 Å². The standard InChI is InChI=1S/C15H25NO2/c1-12(2)11-18-15-6-4-5-14(9-15)10-16-13(3)7-8-17/h4-6,9,12-13,16-17H,7-8,10-11H2,1-3H3. The molecular weight excluding hydrogens is 226 g/mol. The molecule has 1 rings (SSSR count). The highest BCUT2D eigenvalue weighted by Crippen LogP contribution is 2.14. The Hall–Kier alpha value is -1.06. The van der Waals surface area contributed by atoms with Crippen LogP contribution < -0.4 is 10.1 Å². The summed E-state index contributed by atoms with van der Waals surface area (Å²) in [7, 11) is 0. The van der Waals surface area contributed by atoms with Gasteiger partial charge in [-0.2, -0.15) is 0 Å². The minimum atomic E-state index is 0.228. The third-order valence-corrected chi connectivity index (χ3v) is 2.70. The van der Waals surface area contributed by atoms with Crippen LogP contribution in [0.1, 0.15) is 32.8 Å². The van der Waals surface area contributed by atoms with Gasteiger partial charge in [0, 0.05) is 19.2 Å². The Morgan fingerprint density at radius 1 is 1.28 bits per heavy atom. The van der Waals surface area contributed by atoms with E-state index in [1.54, 1.807) is 0 Å². The van der Waals surface area contributed by atoms with Crippen LogP contribution in [0.3, 0.4) is 0 Å². The lowest BCUT2D eigenvalue weighted by Crippen LogP contribution is -2.26. The number of rotatable bonds is 8. The molecule has 3 heteroatoms. The molecule has 0 aliphatic rings. The van der Waals surface area contributed by atoms with E-state index in [1.807, 2.05) is 12.1 Å². The van der Waals surface area contributed by atoms with E-state index in [4.69, 9.17) is 9.84 Å². The van der Waals surface area contributed by atoms with E-state index < -0.39 is 0 Å². The van der Waals surface area contributed by atoms with Crippen molar-refractivity contribution >= 4 is 0 Å². The Kier molecular flexibility index (Phi) is 6.76. The van der Waals surface area contributed by atoms with Crippen molar-refractivity contribution in [2.45, 2.75) is 39.8 Å². The summed E-state index contributed by atoms with van der Waals surface area (Å²) in [6.07, 6.45) is 0.781. The fraction of sp³-hybridized carbons (Fsp3) is 0.600. The van der Waals surface area contributed by atoms with Crippen molar-refractivity contribution in [1.82, 2.24) is 5.32 Å². The van der Waals surface area contributed by atoms with E-state index in [9.17, 15) is 0 Å². The first-order valence-corrected chi connectivity index (χ1v) is 6.67. The van der Waals surface area contributed by atoms with Gasteiger partial charge in [0.25, 0.3) is 0 Å². The molecule has 0 amide bonds. The van der Waals surface area contributed by atoms with Crippen LogP contribution >= 0.6 is 0 Å². The minimum absolute atomic E-state index is 0.228. The number of aliphatic hydroxyl groups excluding tert-OH is 1. The summed E-state index contributed by atoms with van der Waals surface area (Å²) in [5.41, 5.74) is 1.21. The molecule has 1 atom stereocenters. The molecular formula is C15H25NO2. The first kappa shape index (κ1) is 15.0. The minimum Gasteiger partial charge on any atom is -0.493 e. The van der Waals surface area contributed by atoms with Gasteiger partial charge in [-0.3, -0.25) is 0 Å². The third-order valence-electron chi connectivity index (χ3n) is 2.70. The molecule has 1 aromatic rings. The number of hydrogen-bond donors (Lipinski definition) is 2. The third kappa shape index (κ3) is 6.03. The summed E-state index contributed by atoms with van der Waals surface area (Å²) in [4.78, 5) is 0. The van der Waals surface area contributed by atoms with E-state index in [1.165, 1.54) is 5.56 Å². The Morgan fingerprint density at radius 2 is 2.06 bits per heavy atom. The number of ether oxygens (including phenoxy) is 1. The predicted molar refractivity (Wildman–Crippen MR) is 74.8 cm³/mol. The smallest absolute Gasteiger partial charge is 0.119 e. The van der Waals surface area contributed by atoms with Crippen molar-refractivity contribution < 1.29 is 9.84 Å². The maximum absolute atomic E-state index is 8.84. The Bertz CT molecular complexity index is 339. The van der Waals surface area contributed by atoms with E-state index in [2.05, 4.69) is 38.2 Å². The molecule has 0 fully saturated rings. The molecule has 1 aromatic carbocycles. The van der Waals surface area contributed by atoms with Gasteiger partial charge in [-0.05, 0) is 37.0 Å². The van der Waals surface area contributed by atoms with Crippen molar-refractivity contribution in [3.8, 4) is 5.75 Å². The highest BCUT2D eigenvalue weighted by Gasteiger charge is 2.02. The van der Waals surface area contributed by atoms with Gasteiger partial charge in [0.05, 0.1) is 6.61 Å². The number of nitrogens with one attached hydrogen (secondary N) is 1. The van der Waals surface area contributed by atoms with Crippen molar-refractivity contribution in [1.29, 1.82) is 0 Å². The summed E-state index contributed by atoms with van der Waals surface area (Å²) < 4.78 is 5.69. The maximum Gasteiger partial charge on any atom is 0.119 e. The lowest BCUT2D eigenvalue weighted by Gasteiger charge is -2.13. The second kappa shape index (κ2) is 8.11. The van der Waals surface area contributed by atoms with E-state index in [-0.39, 0.29) is 6.61 Å². The fourth-order valence-corrected chi connectivity index (χ4v) is 1.60. The summed E-state index contributed by atoms with van der Waals surface area (Å²) in [5, 5.41) is 12.2. The van der Waals surface area contributed by atoms with Crippen LogP contribution in [0.5, 0.6) is 5.75 Å². The Morgan fingerprint density at radius 3 is 2.72 bits per heavy atom. The highest BCUT2D eigenvalue weighted by molar-refractivity contribution is 5.28. The van der Waals surface area contributed by atoms with Gasteiger partial charge in [-0.15, -0.1) is 0 Å². The normalized spacial score (nSPS) is 12.7. The van der Waals surface area contributed by atoms with E-state index in [0.29, 0.717) is 12.0 Å². The van der Waals surface area contributed by atoms with Crippen LogP contribution in [0.15, 0.2) is 24.3 Å². The lowest BCUT2D eigenvalue weighted by molar-refractivity contribution is 0.267. The molecule has 0 saturated carbocycles. The maximum atomic E-state index is 8.84. The van der Waals surface area contributed by atoms with Crippen molar-refractivity contribution in [2.24, 2.45) is 5.92 Å². The first-order chi connectivity index (χ1) is 8.61. The van der Waals surface area contributed by atoms with E-state index in [0.717, 1.165) is 25.3 Å². The summed E-state index contributed by atoms with van der Waals surface area (Å²) in [6, 6.07) is 8.49. The van der Waals surface area contributed by atoms with E-state index >= 15 is 0 Å². The van der Waals surface area contributed by atoms with Gasteiger partial charge in [0.1, 0.15) is 5.75 Å². The van der Waals surface area contributed by atoms with Crippen LogP contribution in [0, 0.1) is 5.92 Å². The average Bonchev–Trinajstić information content (AvgIpc) is 2.35. The molecule has 0 radical (unpaired) electrons. The predicted octanol–water partition coefficient (Wildman–Crippen LogP) is 2.58. The summed E-state index contributed by atoms with van der Waals surface area (Å²) in [5.74, 6) is 1.47.